The summed E-state index contributed by atoms with van der Waals surface area (Å²) in [6.07, 6.45) is 1.14. The van der Waals surface area contributed by atoms with Crippen molar-refractivity contribution in [3.63, 3.8) is 0 Å². The summed E-state index contributed by atoms with van der Waals surface area (Å²) in [4.78, 5) is 16.8. The number of benzene rings is 3. The van der Waals surface area contributed by atoms with Crippen LogP contribution in [-0.4, -0.2) is 22.1 Å². The van der Waals surface area contributed by atoms with E-state index in [2.05, 4.69) is 11.9 Å². The third kappa shape index (κ3) is 4.72. The average molecular weight is 515 g/mol. The van der Waals surface area contributed by atoms with Gasteiger partial charge in [-0.05, 0) is 67.7 Å². The van der Waals surface area contributed by atoms with E-state index in [0.717, 1.165) is 17.7 Å². The average Bonchev–Trinajstić information content (AvgIpc) is 3.71. The Bertz CT molecular complexity index is 1550. The van der Waals surface area contributed by atoms with E-state index in [1.54, 1.807) is 6.07 Å². The minimum atomic E-state index is -0.964. The van der Waals surface area contributed by atoms with Crippen molar-refractivity contribution in [2.24, 2.45) is 5.41 Å². The molecule has 3 aromatic carbocycles. The van der Waals surface area contributed by atoms with Gasteiger partial charge >= 0.3 is 5.97 Å². The molecule has 1 aromatic heterocycles. The summed E-state index contributed by atoms with van der Waals surface area (Å²) in [5.74, 6) is -1.73. The van der Waals surface area contributed by atoms with E-state index in [4.69, 9.17) is 9.72 Å². The molecule has 1 unspecified atom stereocenters. The number of aromatic nitrogens is 1. The monoisotopic (exact) mass is 514 g/mol. The quantitative estimate of drug-likeness (QED) is 0.243. The molecule has 0 spiro atoms. The number of rotatable bonds is 9. The maximum atomic E-state index is 14.4. The van der Waals surface area contributed by atoms with Crippen LogP contribution in [0.1, 0.15) is 37.8 Å². The molecule has 1 fully saturated rings. The van der Waals surface area contributed by atoms with Crippen LogP contribution in [0, 0.1) is 17.0 Å². The molecule has 194 valence electrons. The molecule has 4 aromatic rings. The number of hydrogen-bond donors (Lipinski definition) is 2. The van der Waals surface area contributed by atoms with Gasteiger partial charge in [-0.2, -0.15) is 0 Å². The molecule has 5 nitrogen and oxygen atoms in total. The molecule has 0 saturated heterocycles. The second kappa shape index (κ2) is 9.89. The van der Waals surface area contributed by atoms with E-state index >= 15 is 0 Å². The lowest BCUT2D eigenvalue weighted by Gasteiger charge is -2.25. The number of nitrogens with zero attached hydrogens (tertiary/aromatic N) is 1. The molecule has 1 heterocycles. The predicted molar refractivity (Wildman–Crippen MR) is 145 cm³/mol. The summed E-state index contributed by atoms with van der Waals surface area (Å²) >= 11 is 0. The van der Waals surface area contributed by atoms with Crippen molar-refractivity contribution in [2.75, 3.05) is 5.32 Å². The molecule has 1 aliphatic rings. The fourth-order valence-electron chi connectivity index (χ4n) is 4.86. The predicted octanol–water partition coefficient (Wildman–Crippen LogP) is 7.46. The fraction of sp³-hybridized carbons (Fsp3) is 0.226. The molecule has 5 rings (SSSR count). The molecule has 7 heteroatoms. The lowest BCUT2D eigenvalue weighted by molar-refractivity contribution is -0.143. The molecule has 0 amide bonds. The first kappa shape index (κ1) is 25.4. The topological polar surface area (TPSA) is 71.5 Å². The van der Waals surface area contributed by atoms with Crippen LogP contribution in [0.25, 0.3) is 27.6 Å². The number of carboxylic acid groups (broad SMARTS) is 1. The third-order valence-corrected chi connectivity index (χ3v) is 7.24. The molecular formula is C31H28F2N2O3. The number of aliphatic carboxylic acids is 1. The van der Waals surface area contributed by atoms with Gasteiger partial charge in [0.2, 0.25) is 0 Å². The van der Waals surface area contributed by atoms with Gasteiger partial charge in [0.1, 0.15) is 18.2 Å². The second-order valence-electron chi connectivity index (χ2n) is 9.90. The highest BCUT2D eigenvalue weighted by atomic mass is 19.2. The van der Waals surface area contributed by atoms with Crippen molar-refractivity contribution in [1.82, 2.24) is 4.98 Å². The highest BCUT2D eigenvalue weighted by Crippen LogP contribution is 2.50. The van der Waals surface area contributed by atoms with E-state index in [1.165, 1.54) is 6.07 Å². The van der Waals surface area contributed by atoms with Gasteiger partial charge in [-0.25, -0.2) is 13.8 Å². The summed E-state index contributed by atoms with van der Waals surface area (Å²) in [6, 6.07) is 18.6. The Balaban J connectivity index is 1.65. The van der Waals surface area contributed by atoms with Crippen LogP contribution in [0.5, 0.6) is 5.75 Å². The molecule has 1 saturated carbocycles. The Morgan fingerprint density at radius 1 is 1.11 bits per heavy atom. The number of fused-ring (bicyclic) bond motifs is 1. The Hall–Kier alpha value is -4.26. The first-order chi connectivity index (χ1) is 18.2. The van der Waals surface area contributed by atoms with Gasteiger partial charge in [0.05, 0.1) is 10.9 Å². The third-order valence-electron chi connectivity index (χ3n) is 7.24. The lowest BCUT2D eigenvalue weighted by atomic mass is 9.91. The summed E-state index contributed by atoms with van der Waals surface area (Å²) in [5, 5.41) is 13.8. The van der Waals surface area contributed by atoms with E-state index in [0.29, 0.717) is 64.2 Å². The Labute approximate surface area is 219 Å². The zero-order chi connectivity index (χ0) is 27.0. The van der Waals surface area contributed by atoms with Gasteiger partial charge in [-0.3, -0.25) is 4.79 Å². The van der Waals surface area contributed by atoms with E-state index in [-0.39, 0.29) is 0 Å². The van der Waals surface area contributed by atoms with Crippen molar-refractivity contribution < 1.29 is 23.4 Å². The van der Waals surface area contributed by atoms with Gasteiger partial charge in [0.25, 0.3) is 0 Å². The molecule has 0 bridgehead atoms. The number of ether oxygens (including phenoxy) is 1. The standard InChI is InChI=1S/C31H28F2N2O3/c1-18(2)27-28(21-9-12-24(32)25(33)15-21)23-11-10-22(38-17-20-7-5-4-6-8-20)16-26(23)35-29(27)34-19(3)31(13-14-31)30(36)37/h4-12,15-16,19H,1,13-14,17H2,2-3H3,(H,34,35)(H,36,37). The minimum Gasteiger partial charge on any atom is -0.489 e. The number of allylic oxidation sites excluding steroid dienone is 1. The molecule has 1 aliphatic carbocycles. The van der Waals surface area contributed by atoms with Gasteiger partial charge < -0.3 is 15.2 Å². The first-order valence-corrected chi connectivity index (χ1v) is 12.5. The van der Waals surface area contributed by atoms with Crippen LogP contribution in [0.4, 0.5) is 14.6 Å². The van der Waals surface area contributed by atoms with Crippen molar-refractivity contribution >= 4 is 28.3 Å². The highest BCUT2D eigenvalue weighted by molar-refractivity contribution is 6.03. The Kier molecular flexibility index (Phi) is 6.61. The van der Waals surface area contributed by atoms with Crippen LogP contribution in [0.15, 0.2) is 73.3 Å². The fourth-order valence-corrected chi connectivity index (χ4v) is 4.86. The van der Waals surface area contributed by atoms with Gasteiger partial charge in [0, 0.05) is 28.6 Å². The number of anilines is 1. The Morgan fingerprint density at radius 2 is 1.84 bits per heavy atom. The first-order valence-electron chi connectivity index (χ1n) is 12.5. The highest BCUT2D eigenvalue weighted by Gasteiger charge is 2.54. The zero-order valence-electron chi connectivity index (χ0n) is 21.2. The number of hydrogen-bond acceptors (Lipinski definition) is 4. The molecule has 1 atom stereocenters. The van der Waals surface area contributed by atoms with E-state index in [9.17, 15) is 18.7 Å². The molecule has 0 aliphatic heterocycles. The smallest absolute Gasteiger partial charge is 0.311 e. The normalized spacial score (nSPS) is 14.6. The Morgan fingerprint density at radius 3 is 2.47 bits per heavy atom. The van der Waals surface area contributed by atoms with Gasteiger partial charge in [-0.1, -0.05) is 43.0 Å². The lowest BCUT2D eigenvalue weighted by Crippen LogP contribution is -2.34. The molecule has 38 heavy (non-hydrogen) atoms. The van der Waals surface area contributed by atoms with Crippen molar-refractivity contribution in [3.8, 4) is 16.9 Å². The summed E-state index contributed by atoms with van der Waals surface area (Å²) < 4.78 is 34.2. The number of nitrogens with one attached hydrogen (secondary N) is 1. The molecular weight excluding hydrogens is 486 g/mol. The summed E-state index contributed by atoms with van der Waals surface area (Å²) in [6.45, 7) is 8.14. The number of halogens is 2. The summed E-state index contributed by atoms with van der Waals surface area (Å²) in [5.41, 5.74) is 3.07. The van der Waals surface area contributed by atoms with Crippen LogP contribution < -0.4 is 10.1 Å². The van der Waals surface area contributed by atoms with Gasteiger partial charge in [0.15, 0.2) is 11.6 Å². The number of carbonyl (C=O) groups is 1. The van der Waals surface area contributed by atoms with Crippen molar-refractivity contribution in [1.29, 1.82) is 0 Å². The summed E-state index contributed by atoms with van der Waals surface area (Å²) in [7, 11) is 0. The van der Waals surface area contributed by atoms with Crippen LogP contribution in [0.2, 0.25) is 0 Å². The second-order valence-corrected chi connectivity index (χ2v) is 9.90. The van der Waals surface area contributed by atoms with Crippen LogP contribution in [0.3, 0.4) is 0 Å². The van der Waals surface area contributed by atoms with Crippen molar-refractivity contribution in [3.05, 3.63) is 96.1 Å². The number of carboxylic acids is 1. The largest absolute Gasteiger partial charge is 0.489 e. The zero-order valence-corrected chi connectivity index (χ0v) is 21.2. The maximum Gasteiger partial charge on any atom is 0.311 e. The van der Waals surface area contributed by atoms with Crippen LogP contribution >= 0.6 is 0 Å². The van der Waals surface area contributed by atoms with E-state index < -0.39 is 29.1 Å². The van der Waals surface area contributed by atoms with Crippen LogP contribution in [-0.2, 0) is 11.4 Å². The molecule has 0 radical (unpaired) electrons. The number of pyridine rings is 1. The molecule has 2 N–H and O–H groups in total. The minimum absolute atomic E-state index is 0.371. The van der Waals surface area contributed by atoms with E-state index in [1.807, 2.05) is 56.3 Å². The SMILES string of the molecule is C=C(C)c1c(NC(C)C2(C(=O)O)CC2)nc2cc(OCc3ccccc3)ccc2c1-c1ccc(F)c(F)c1. The maximum absolute atomic E-state index is 14.4. The van der Waals surface area contributed by atoms with Crippen molar-refractivity contribution in [2.45, 2.75) is 39.3 Å². The van der Waals surface area contributed by atoms with Gasteiger partial charge in [-0.15, -0.1) is 0 Å².